The molecule has 0 aromatic heterocycles. The molecule has 3 amide bonds. The van der Waals surface area contributed by atoms with Gasteiger partial charge in [-0.15, -0.1) is 0 Å². The first-order valence-electron chi connectivity index (χ1n) is 10.8. The lowest BCUT2D eigenvalue weighted by Gasteiger charge is -2.29. The molecule has 0 atom stereocenters. The Morgan fingerprint density at radius 2 is 1.74 bits per heavy atom. The summed E-state index contributed by atoms with van der Waals surface area (Å²) < 4.78 is 11.3. The number of benzene rings is 2. The van der Waals surface area contributed by atoms with E-state index in [4.69, 9.17) is 9.47 Å². The predicted molar refractivity (Wildman–Crippen MR) is 112 cm³/mol. The molecule has 0 unspecified atom stereocenters. The molecule has 0 radical (unpaired) electrons. The number of nitrogens with zero attached hydrogens (tertiary/aromatic N) is 1. The molecular weight excluding hydrogens is 396 g/mol. The second-order valence-electron chi connectivity index (χ2n) is 8.16. The van der Waals surface area contributed by atoms with Gasteiger partial charge in [0.2, 0.25) is 0 Å². The second kappa shape index (κ2) is 8.06. The van der Waals surface area contributed by atoms with Crippen LogP contribution in [0.3, 0.4) is 0 Å². The second-order valence-corrected chi connectivity index (χ2v) is 8.16. The van der Waals surface area contributed by atoms with Crippen molar-refractivity contribution >= 4 is 17.7 Å². The van der Waals surface area contributed by atoms with Gasteiger partial charge in [-0.2, -0.15) is 0 Å². The van der Waals surface area contributed by atoms with Crippen LogP contribution in [0.1, 0.15) is 68.7 Å². The Morgan fingerprint density at radius 3 is 2.58 bits per heavy atom. The van der Waals surface area contributed by atoms with Gasteiger partial charge in [0.25, 0.3) is 17.7 Å². The molecule has 31 heavy (non-hydrogen) atoms. The lowest BCUT2D eigenvalue weighted by atomic mass is 9.94. The molecule has 7 nitrogen and oxygen atoms in total. The van der Waals surface area contributed by atoms with Crippen molar-refractivity contribution in [2.75, 3.05) is 13.2 Å². The summed E-state index contributed by atoms with van der Waals surface area (Å²) in [6, 6.07) is 10.3. The molecule has 0 bridgehead atoms. The zero-order chi connectivity index (χ0) is 21.4. The van der Waals surface area contributed by atoms with E-state index in [1.807, 2.05) is 18.2 Å². The first-order valence-corrected chi connectivity index (χ1v) is 10.8. The number of fused-ring (bicyclic) bond motifs is 2. The molecule has 0 saturated heterocycles. The number of hydrogen-bond donors (Lipinski definition) is 1. The first kappa shape index (κ1) is 19.6. The maximum Gasteiger partial charge on any atom is 0.261 e. The van der Waals surface area contributed by atoms with Gasteiger partial charge in [-0.1, -0.05) is 31.4 Å². The van der Waals surface area contributed by atoms with Crippen molar-refractivity contribution in [3.8, 4) is 11.5 Å². The van der Waals surface area contributed by atoms with Crippen LogP contribution in [0.25, 0.3) is 0 Å². The summed E-state index contributed by atoms with van der Waals surface area (Å²) in [6.07, 6.45) is 4.91. The van der Waals surface area contributed by atoms with E-state index >= 15 is 0 Å². The predicted octanol–water partition coefficient (Wildman–Crippen LogP) is 3.32. The molecule has 1 N–H and O–H groups in total. The normalized spacial score (nSPS) is 18.1. The minimum Gasteiger partial charge on any atom is -0.486 e. The van der Waals surface area contributed by atoms with Crippen LogP contribution in [0.15, 0.2) is 36.4 Å². The standard InChI is InChI=1S/C24H24N2O5/c27-22(25-14-16-5-4-8-20-21(16)31-12-11-30-20)15-9-10-18-19(13-15)24(29)26(23(18)28)17-6-2-1-3-7-17/h4-5,8-10,13,17H,1-3,6-7,11-12,14H2,(H,25,27). The largest absolute Gasteiger partial charge is 0.486 e. The molecule has 160 valence electrons. The number of imide groups is 1. The highest BCUT2D eigenvalue weighted by atomic mass is 16.6. The number of hydrogen-bond acceptors (Lipinski definition) is 5. The summed E-state index contributed by atoms with van der Waals surface area (Å²) in [5.74, 6) is 0.471. The van der Waals surface area contributed by atoms with Crippen LogP contribution in [-0.4, -0.2) is 41.9 Å². The van der Waals surface area contributed by atoms with Crippen LogP contribution in [0.4, 0.5) is 0 Å². The molecule has 3 aliphatic rings. The molecule has 7 heteroatoms. The van der Waals surface area contributed by atoms with Gasteiger partial charge in [-0.25, -0.2) is 0 Å². The molecule has 2 aliphatic heterocycles. The van der Waals surface area contributed by atoms with Gasteiger partial charge in [-0.3, -0.25) is 19.3 Å². The maximum absolute atomic E-state index is 13.0. The van der Waals surface area contributed by atoms with Gasteiger partial charge in [0.15, 0.2) is 11.5 Å². The van der Waals surface area contributed by atoms with Crippen molar-refractivity contribution in [3.05, 3.63) is 58.7 Å². The number of rotatable bonds is 4. The zero-order valence-corrected chi connectivity index (χ0v) is 17.2. The van der Waals surface area contributed by atoms with E-state index in [1.165, 1.54) is 11.0 Å². The summed E-state index contributed by atoms with van der Waals surface area (Å²) >= 11 is 0. The smallest absolute Gasteiger partial charge is 0.261 e. The highest BCUT2D eigenvalue weighted by Crippen LogP contribution is 2.34. The van der Waals surface area contributed by atoms with Crippen LogP contribution >= 0.6 is 0 Å². The summed E-state index contributed by atoms with van der Waals surface area (Å²) in [6.45, 7) is 1.24. The topological polar surface area (TPSA) is 84.9 Å². The van der Waals surface area contributed by atoms with Gasteiger partial charge in [0.1, 0.15) is 13.2 Å². The van der Waals surface area contributed by atoms with Gasteiger partial charge >= 0.3 is 0 Å². The van der Waals surface area contributed by atoms with E-state index < -0.39 is 0 Å². The third kappa shape index (κ3) is 3.54. The third-order valence-electron chi connectivity index (χ3n) is 6.21. The number of carbonyl (C=O) groups excluding carboxylic acids is 3. The average molecular weight is 420 g/mol. The molecule has 1 saturated carbocycles. The number of ether oxygens (including phenoxy) is 2. The Balaban J connectivity index is 1.32. The van der Waals surface area contributed by atoms with Crippen LogP contribution < -0.4 is 14.8 Å². The highest BCUT2D eigenvalue weighted by Gasteiger charge is 2.40. The van der Waals surface area contributed by atoms with Crippen LogP contribution in [-0.2, 0) is 6.54 Å². The molecule has 1 fully saturated rings. The Bertz CT molecular complexity index is 1060. The number of amides is 3. The Hall–Kier alpha value is -3.35. The van der Waals surface area contributed by atoms with E-state index in [-0.39, 0.29) is 30.3 Å². The maximum atomic E-state index is 13.0. The molecule has 2 heterocycles. The van der Waals surface area contributed by atoms with Gasteiger partial charge < -0.3 is 14.8 Å². The van der Waals surface area contributed by atoms with E-state index in [2.05, 4.69) is 5.32 Å². The summed E-state index contributed by atoms with van der Waals surface area (Å²) in [7, 11) is 0. The number of carbonyl (C=O) groups is 3. The highest BCUT2D eigenvalue weighted by molar-refractivity contribution is 6.22. The van der Waals surface area contributed by atoms with Gasteiger partial charge in [-0.05, 0) is 37.1 Å². The fourth-order valence-electron chi connectivity index (χ4n) is 4.62. The van der Waals surface area contributed by atoms with Crippen molar-refractivity contribution in [2.24, 2.45) is 0 Å². The lowest BCUT2D eigenvalue weighted by molar-refractivity contribution is 0.0548. The monoisotopic (exact) mass is 420 g/mol. The molecule has 0 spiro atoms. The summed E-state index contributed by atoms with van der Waals surface area (Å²) in [4.78, 5) is 39.9. The van der Waals surface area contributed by atoms with E-state index in [0.29, 0.717) is 41.4 Å². The third-order valence-corrected chi connectivity index (χ3v) is 6.21. The first-order chi connectivity index (χ1) is 15.1. The quantitative estimate of drug-likeness (QED) is 0.767. The van der Waals surface area contributed by atoms with Crippen LogP contribution in [0.2, 0.25) is 0 Å². The summed E-state index contributed by atoms with van der Waals surface area (Å²) in [5, 5.41) is 2.87. The van der Waals surface area contributed by atoms with Crippen LogP contribution in [0, 0.1) is 0 Å². The van der Waals surface area contributed by atoms with Crippen molar-refractivity contribution in [3.63, 3.8) is 0 Å². The van der Waals surface area contributed by atoms with Crippen molar-refractivity contribution in [2.45, 2.75) is 44.7 Å². The van der Waals surface area contributed by atoms with Crippen molar-refractivity contribution < 1.29 is 23.9 Å². The number of nitrogens with one attached hydrogen (secondary N) is 1. The Kier molecular flexibility index (Phi) is 5.10. The molecular formula is C24H24N2O5. The van der Waals surface area contributed by atoms with E-state index in [1.54, 1.807) is 12.1 Å². The van der Waals surface area contributed by atoms with E-state index in [9.17, 15) is 14.4 Å². The molecule has 5 rings (SSSR count). The van der Waals surface area contributed by atoms with Crippen LogP contribution in [0.5, 0.6) is 11.5 Å². The Morgan fingerprint density at radius 1 is 0.968 bits per heavy atom. The van der Waals surface area contributed by atoms with E-state index in [0.717, 1.165) is 37.7 Å². The number of para-hydroxylation sites is 1. The fourth-order valence-corrected chi connectivity index (χ4v) is 4.62. The zero-order valence-electron chi connectivity index (χ0n) is 17.2. The van der Waals surface area contributed by atoms with Crippen molar-refractivity contribution in [1.82, 2.24) is 10.2 Å². The minimum absolute atomic E-state index is 0.0371. The Labute approximate surface area is 180 Å². The van der Waals surface area contributed by atoms with Crippen molar-refractivity contribution in [1.29, 1.82) is 0 Å². The fraction of sp³-hybridized carbons (Fsp3) is 0.375. The van der Waals surface area contributed by atoms with Gasteiger partial charge in [0, 0.05) is 23.7 Å². The van der Waals surface area contributed by atoms with Gasteiger partial charge in [0.05, 0.1) is 11.1 Å². The summed E-state index contributed by atoms with van der Waals surface area (Å²) in [5.41, 5.74) is 1.88. The molecule has 1 aliphatic carbocycles. The average Bonchev–Trinajstić information content (AvgIpc) is 3.07. The molecule has 2 aromatic rings. The SMILES string of the molecule is O=C(NCc1cccc2c1OCCO2)c1ccc2c(c1)C(=O)N(C1CCCCC1)C2=O. The lowest BCUT2D eigenvalue weighted by Crippen LogP contribution is -2.40. The molecule has 2 aromatic carbocycles. The minimum atomic E-state index is -0.312.